The van der Waals surface area contributed by atoms with Crippen molar-refractivity contribution in [3.63, 3.8) is 0 Å². The molecule has 0 radical (unpaired) electrons. The number of rotatable bonds is 2. The Bertz CT molecular complexity index is 160. The van der Waals surface area contributed by atoms with Crippen LogP contribution >= 0.6 is 0 Å². The summed E-state index contributed by atoms with van der Waals surface area (Å²) < 4.78 is 38.0. The molecule has 0 saturated heterocycles. The van der Waals surface area contributed by atoms with Crippen LogP contribution in [0.2, 0.25) is 0 Å². The summed E-state index contributed by atoms with van der Waals surface area (Å²) >= 11 is 0. The Morgan fingerprint density at radius 1 is 1.40 bits per heavy atom. The highest BCUT2D eigenvalue weighted by Crippen LogP contribution is 2.08. The first kappa shape index (κ1) is 9.00. The molecular formula is C5H5F3O2. The van der Waals surface area contributed by atoms with Crippen LogP contribution in [0.1, 0.15) is 6.92 Å². The first-order valence-corrected chi connectivity index (χ1v) is 2.37. The van der Waals surface area contributed by atoms with Crippen LogP contribution in [0.4, 0.5) is 13.2 Å². The topological polar surface area (TPSA) is 26.3 Å². The van der Waals surface area contributed by atoms with E-state index in [0.717, 1.165) is 6.92 Å². The molecule has 0 aromatic rings. The van der Waals surface area contributed by atoms with Gasteiger partial charge in [0.2, 0.25) is 5.83 Å². The van der Waals surface area contributed by atoms with Gasteiger partial charge >= 0.3 is 12.0 Å². The smallest absolute Gasteiger partial charge is 0.305 e. The van der Waals surface area contributed by atoms with Gasteiger partial charge in [-0.1, -0.05) is 0 Å². The number of halogens is 3. The standard InChI is InChI=1S/C5H5F3O2/c1-3(9)10-2-4(6)5(7)8/h2H2,1H3. The second-order valence-corrected chi connectivity index (χ2v) is 1.45. The summed E-state index contributed by atoms with van der Waals surface area (Å²) in [7, 11) is 0. The van der Waals surface area contributed by atoms with Crippen LogP contribution in [0.5, 0.6) is 0 Å². The molecule has 0 heterocycles. The van der Waals surface area contributed by atoms with Crippen molar-refractivity contribution in [1.82, 2.24) is 0 Å². The van der Waals surface area contributed by atoms with E-state index in [9.17, 15) is 18.0 Å². The van der Waals surface area contributed by atoms with Crippen molar-refractivity contribution in [3.8, 4) is 0 Å². The zero-order valence-corrected chi connectivity index (χ0v) is 5.16. The van der Waals surface area contributed by atoms with Crippen LogP contribution < -0.4 is 0 Å². The van der Waals surface area contributed by atoms with Crippen LogP contribution in [0.15, 0.2) is 11.9 Å². The third-order valence-corrected chi connectivity index (χ3v) is 0.607. The number of carbonyl (C=O) groups is 1. The quantitative estimate of drug-likeness (QED) is 0.565. The third-order valence-electron chi connectivity index (χ3n) is 0.607. The van der Waals surface area contributed by atoms with E-state index >= 15 is 0 Å². The van der Waals surface area contributed by atoms with Crippen LogP contribution in [0, 0.1) is 0 Å². The highest BCUT2D eigenvalue weighted by molar-refractivity contribution is 5.66. The molecule has 0 spiro atoms. The van der Waals surface area contributed by atoms with Gasteiger partial charge in [-0.2, -0.15) is 8.78 Å². The zero-order valence-electron chi connectivity index (χ0n) is 5.16. The molecular weight excluding hydrogens is 149 g/mol. The van der Waals surface area contributed by atoms with Crippen molar-refractivity contribution in [1.29, 1.82) is 0 Å². The summed E-state index contributed by atoms with van der Waals surface area (Å²) in [6.45, 7) is 0.0150. The maximum Gasteiger partial charge on any atom is 0.305 e. The predicted molar refractivity (Wildman–Crippen MR) is 27.0 cm³/mol. The summed E-state index contributed by atoms with van der Waals surface area (Å²) in [4.78, 5) is 9.91. The third kappa shape index (κ3) is 3.94. The summed E-state index contributed by atoms with van der Waals surface area (Å²) in [5.74, 6) is -2.51. The normalized spacial score (nSPS) is 8.80. The minimum absolute atomic E-state index is 0.795. The molecule has 0 aliphatic heterocycles. The van der Waals surface area contributed by atoms with E-state index in [0.29, 0.717) is 0 Å². The van der Waals surface area contributed by atoms with Crippen LogP contribution in [0.3, 0.4) is 0 Å². The number of ether oxygens (including phenoxy) is 1. The van der Waals surface area contributed by atoms with E-state index < -0.39 is 24.5 Å². The molecule has 5 heteroatoms. The lowest BCUT2D eigenvalue weighted by atomic mass is 10.6. The molecule has 0 amide bonds. The van der Waals surface area contributed by atoms with E-state index in [2.05, 4.69) is 4.74 Å². The van der Waals surface area contributed by atoms with Crippen LogP contribution in [-0.4, -0.2) is 12.6 Å². The van der Waals surface area contributed by atoms with Crippen molar-refractivity contribution < 1.29 is 22.7 Å². The van der Waals surface area contributed by atoms with Gasteiger partial charge in [0.15, 0.2) is 0 Å². The van der Waals surface area contributed by atoms with Gasteiger partial charge in [0.1, 0.15) is 6.61 Å². The number of carbonyl (C=O) groups excluding carboxylic acids is 1. The first-order chi connectivity index (χ1) is 4.54. The average Bonchev–Trinajstić information content (AvgIpc) is 1.82. The average molecular weight is 154 g/mol. The minimum Gasteiger partial charge on any atom is -0.458 e. The fourth-order valence-electron chi connectivity index (χ4n) is 0.220. The Labute approximate surface area is 55.3 Å². The van der Waals surface area contributed by atoms with Crippen molar-refractivity contribution >= 4 is 5.97 Å². The maximum absolute atomic E-state index is 11.7. The number of hydrogen-bond donors (Lipinski definition) is 0. The van der Waals surface area contributed by atoms with Crippen molar-refractivity contribution in [2.24, 2.45) is 0 Å². The fourth-order valence-corrected chi connectivity index (χ4v) is 0.220. The molecule has 0 saturated carbocycles. The Hall–Kier alpha value is -1.00. The summed E-state index contributed by atoms with van der Waals surface area (Å²) in [6.07, 6.45) is -2.46. The molecule has 0 fully saturated rings. The van der Waals surface area contributed by atoms with Crippen LogP contribution in [-0.2, 0) is 9.53 Å². The largest absolute Gasteiger partial charge is 0.458 e. The predicted octanol–water partition coefficient (Wildman–Crippen LogP) is 1.63. The monoisotopic (exact) mass is 154 g/mol. The molecule has 0 bridgehead atoms. The Morgan fingerprint density at radius 2 is 1.90 bits per heavy atom. The summed E-state index contributed by atoms with van der Waals surface area (Å²) in [5, 5.41) is 0. The van der Waals surface area contributed by atoms with Gasteiger partial charge in [0.25, 0.3) is 0 Å². The highest BCUT2D eigenvalue weighted by atomic mass is 19.3. The molecule has 0 unspecified atom stereocenters. The molecule has 2 nitrogen and oxygen atoms in total. The van der Waals surface area contributed by atoms with E-state index in [1.807, 2.05) is 0 Å². The molecule has 0 aromatic heterocycles. The summed E-state index contributed by atoms with van der Waals surface area (Å²) in [5.41, 5.74) is 0. The highest BCUT2D eigenvalue weighted by Gasteiger charge is 2.05. The molecule has 0 aromatic carbocycles. The minimum atomic E-state index is -2.46. The van der Waals surface area contributed by atoms with E-state index in [-0.39, 0.29) is 0 Å². The molecule has 0 atom stereocenters. The van der Waals surface area contributed by atoms with Crippen molar-refractivity contribution in [2.75, 3.05) is 6.61 Å². The second-order valence-electron chi connectivity index (χ2n) is 1.45. The fraction of sp³-hybridized carbons (Fsp3) is 0.400. The van der Waals surface area contributed by atoms with E-state index in [1.54, 1.807) is 0 Å². The number of esters is 1. The lowest BCUT2D eigenvalue weighted by Crippen LogP contribution is -2.00. The van der Waals surface area contributed by atoms with Crippen molar-refractivity contribution in [3.05, 3.63) is 11.9 Å². The zero-order chi connectivity index (χ0) is 8.15. The molecule has 0 aliphatic rings. The lowest BCUT2D eigenvalue weighted by Gasteiger charge is -1.95. The van der Waals surface area contributed by atoms with Gasteiger partial charge in [-0.05, 0) is 0 Å². The Kier molecular flexibility index (Phi) is 3.53. The van der Waals surface area contributed by atoms with Gasteiger partial charge in [0, 0.05) is 6.92 Å². The maximum atomic E-state index is 11.7. The molecule has 58 valence electrons. The molecule has 10 heavy (non-hydrogen) atoms. The Morgan fingerprint density at radius 3 is 2.20 bits per heavy atom. The van der Waals surface area contributed by atoms with Gasteiger partial charge in [-0.25, -0.2) is 4.39 Å². The molecule has 0 rings (SSSR count). The lowest BCUT2D eigenvalue weighted by molar-refractivity contribution is -0.140. The Balaban J connectivity index is 3.71. The number of hydrogen-bond acceptors (Lipinski definition) is 2. The summed E-state index contributed by atoms with van der Waals surface area (Å²) in [6, 6.07) is 0. The molecule has 0 aliphatic carbocycles. The molecule has 0 N–H and O–H groups in total. The second kappa shape index (κ2) is 3.92. The first-order valence-electron chi connectivity index (χ1n) is 2.37. The van der Waals surface area contributed by atoms with Crippen LogP contribution in [0.25, 0.3) is 0 Å². The SMILES string of the molecule is CC(=O)OCC(F)=C(F)F. The van der Waals surface area contributed by atoms with E-state index in [1.165, 1.54) is 0 Å². The van der Waals surface area contributed by atoms with Gasteiger partial charge < -0.3 is 4.74 Å². The van der Waals surface area contributed by atoms with Gasteiger partial charge in [-0.15, -0.1) is 0 Å². The van der Waals surface area contributed by atoms with Gasteiger partial charge in [-0.3, -0.25) is 4.79 Å². The van der Waals surface area contributed by atoms with Gasteiger partial charge in [0.05, 0.1) is 0 Å². The van der Waals surface area contributed by atoms with E-state index in [4.69, 9.17) is 0 Å². The van der Waals surface area contributed by atoms with Crippen molar-refractivity contribution in [2.45, 2.75) is 6.92 Å².